The number of nitriles is 2. The van der Waals surface area contributed by atoms with Gasteiger partial charge in [0.1, 0.15) is 0 Å². The van der Waals surface area contributed by atoms with E-state index in [1.165, 1.54) is 0 Å². The Balaban J connectivity index is 3.96. The molecule has 1 rings (SSSR count). The fourth-order valence-corrected chi connectivity index (χ4v) is 1.94. The van der Waals surface area contributed by atoms with Crippen LogP contribution in [0.3, 0.4) is 0 Å². The lowest BCUT2D eigenvalue weighted by Crippen LogP contribution is -2.17. The third kappa shape index (κ3) is 2.38. The molecule has 0 aliphatic heterocycles. The van der Waals surface area contributed by atoms with Crippen LogP contribution in [0.1, 0.15) is 5.56 Å². The van der Waals surface area contributed by atoms with Gasteiger partial charge in [0.25, 0.3) is 11.4 Å². The maximum absolute atomic E-state index is 8.84. The van der Waals surface area contributed by atoms with Crippen molar-refractivity contribution < 1.29 is 0 Å². The fourth-order valence-electron chi connectivity index (χ4n) is 1.41. The van der Waals surface area contributed by atoms with Gasteiger partial charge in [0, 0.05) is 9.69 Å². The van der Waals surface area contributed by atoms with Gasteiger partial charge >= 0.3 is 0 Å². The first kappa shape index (κ1) is 13.5. The molecule has 0 radical (unpaired) electrons. The Hall–Kier alpha value is -2.60. The van der Waals surface area contributed by atoms with E-state index in [0.717, 1.165) is 0 Å². The number of hydrogen-bond donors (Lipinski definition) is 0. The Bertz CT molecular complexity index is 690. The molecule has 0 aliphatic carbocycles. The molecule has 4 nitrogen and oxygen atoms in total. The minimum Gasteiger partial charge on any atom is -0.226 e. The van der Waals surface area contributed by atoms with Gasteiger partial charge in [-0.05, 0) is 12.1 Å². The van der Waals surface area contributed by atoms with Crippen molar-refractivity contribution in [1.29, 1.82) is 10.5 Å². The second-order valence-corrected chi connectivity index (χ2v) is 4.15. The van der Waals surface area contributed by atoms with Gasteiger partial charge in [0.05, 0.1) is 25.3 Å². The Morgan fingerprint density at radius 3 is 2.06 bits per heavy atom. The van der Waals surface area contributed by atoms with Gasteiger partial charge in [0.15, 0.2) is 0 Å². The zero-order chi connectivity index (χ0) is 13.7. The average Bonchev–Trinajstić information content (AvgIpc) is 2.37. The van der Waals surface area contributed by atoms with Crippen LogP contribution in [0.4, 0.5) is 0 Å². The van der Waals surface area contributed by atoms with E-state index in [1.807, 2.05) is 12.1 Å². The van der Waals surface area contributed by atoms with Crippen LogP contribution >= 0.6 is 15.9 Å². The molecule has 0 bridgehead atoms. The molecule has 0 heterocycles. The predicted molar refractivity (Wildman–Crippen MR) is 69.4 cm³/mol. The normalized spacial score (nSPS) is 12.3. The monoisotopic (exact) mass is 296 g/mol. The molecule has 18 heavy (non-hydrogen) atoms. The van der Waals surface area contributed by atoms with E-state index in [4.69, 9.17) is 23.7 Å². The maximum atomic E-state index is 8.84. The van der Waals surface area contributed by atoms with Crippen LogP contribution in [0, 0.1) is 42.7 Å². The SMILES string of the molecule is [C-]#[N+]C(C#N)=c1cc(Br)c(=C(C#N)[N+]#[C-])cc1C. The van der Waals surface area contributed by atoms with Crippen LogP contribution in [0.5, 0.6) is 0 Å². The Morgan fingerprint density at radius 2 is 1.61 bits per heavy atom. The van der Waals surface area contributed by atoms with Crippen molar-refractivity contribution in [3.63, 3.8) is 0 Å². The molecule has 0 unspecified atom stereocenters. The first-order valence-electron chi connectivity index (χ1n) is 4.69. The summed E-state index contributed by atoms with van der Waals surface area (Å²) in [5.74, 6) is 0. The lowest BCUT2D eigenvalue weighted by Gasteiger charge is -1.99. The second-order valence-electron chi connectivity index (χ2n) is 3.29. The molecule has 5 heteroatoms. The summed E-state index contributed by atoms with van der Waals surface area (Å²) in [6.45, 7) is 15.6. The molecule has 0 aromatic heterocycles. The molecule has 0 spiro atoms. The summed E-state index contributed by atoms with van der Waals surface area (Å²) < 4.78 is 0.520. The van der Waals surface area contributed by atoms with Gasteiger partial charge in [-0.3, -0.25) is 0 Å². The van der Waals surface area contributed by atoms with E-state index in [9.17, 15) is 0 Å². The molecule has 0 saturated heterocycles. The minimum atomic E-state index is -0.0298. The third-order valence-electron chi connectivity index (χ3n) is 2.26. The van der Waals surface area contributed by atoms with E-state index >= 15 is 0 Å². The molecule has 1 aromatic rings. The molecule has 84 valence electrons. The highest BCUT2D eigenvalue weighted by Gasteiger charge is 2.04. The maximum Gasteiger partial charge on any atom is 0.270 e. The van der Waals surface area contributed by atoms with Gasteiger partial charge < -0.3 is 0 Å². The van der Waals surface area contributed by atoms with Crippen molar-refractivity contribution in [2.45, 2.75) is 6.92 Å². The largest absolute Gasteiger partial charge is 0.270 e. The van der Waals surface area contributed by atoms with E-state index in [0.29, 0.717) is 20.5 Å². The molecule has 0 saturated carbocycles. The van der Waals surface area contributed by atoms with Crippen LogP contribution in [0.15, 0.2) is 16.6 Å². The Kier molecular flexibility index (Phi) is 4.22. The molecule has 0 N–H and O–H groups in total. The third-order valence-corrected chi connectivity index (χ3v) is 2.92. The number of nitrogens with zero attached hydrogens (tertiary/aromatic N) is 4. The van der Waals surface area contributed by atoms with Crippen LogP contribution in [-0.2, 0) is 0 Å². The van der Waals surface area contributed by atoms with Gasteiger partial charge in [-0.1, -0.05) is 33.6 Å². The molecular formula is C13H5BrN4. The van der Waals surface area contributed by atoms with E-state index in [1.54, 1.807) is 19.1 Å². The summed E-state index contributed by atoms with van der Waals surface area (Å²) in [5, 5.41) is 18.7. The summed E-state index contributed by atoms with van der Waals surface area (Å²) >= 11 is 3.25. The van der Waals surface area contributed by atoms with Crippen molar-refractivity contribution in [2.75, 3.05) is 0 Å². The summed E-state index contributed by atoms with van der Waals surface area (Å²) in [6.07, 6.45) is 0. The molecule has 0 atom stereocenters. The van der Waals surface area contributed by atoms with Crippen molar-refractivity contribution in [1.82, 2.24) is 0 Å². The number of hydrogen-bond acceptors (Lipinski definition) is 2. The average molecular weight is 297 g/mol. The summed E-state index contributed by atoms with van der Waals surface area (Å²) in [5.41, 5.74) is 0.635. The smallest absolute Gasteiger partial charge is 0.226 e. The lowest BCUT2D eigenvalue weighted by atomic mass is 10.1. The highest BCUT2D eigenvalue weighted by Crippen LogP contribution is 2.06. The number of rotatable bonds is 0. The van der Waals surface area contributed by atoms with Crippen molar-refractivity contribution >= 4 is 27.3 Å². The molecule has 0 fully saturated rings. The second kappa shape index (κ2) is 5.65. The zero-order valence-electron chi connectivity index (χ0n) is 9.32. The van der Waals surface area contributed by atoms with Gasteiger partial charge in [0.2, 0.25) is 0 Å². The van der Waals surface area contributed by atoms with Crippen LogP contribution < -0.4 is 10.4 Å². The lowest BCUT2D eigenvalue weighted by molar-refractivity contribution is 1.34. The topological polar surface area (TPSA) is 56.3 Å². The standard InChI is InChI=1S/C13H5BrN4/c1-8-4-10(13(7-16)18-3)11(14)5-9(8)12(6-15)17-2/h4-5H,1H3. The molecule has 0 aliphatic rings. The van der Waals surface area contributed by atoms with Crippen LogP contribution in [-0.4, -0.2) is 0 Å². The zero-order valence-corrected chi connectivity index (χ0v) is 10.9. The fraction of sp³-hybridized carbons (Fsp3) is 0.0769. The quantitative estimate of drug-likeness (QED) is 0.686. The first-order valence-corrected chi connectivity index (χ1v) is 5.48. The van der Waals surface area contributed by atoms with E-state index in [2.05, 4.69) is 25.6 Å². The highest BCUT2D eigenvalue weighted by atomic mass is 79.9. The number of aryl methyl sites for hydroxylation is 1. The summed E-state index contributed by atoms with van der Waals surface area (Å²) in [4.78, 5) is 6.28. The summed E-state index contributed by atoms with van der Waals surface area (Å²) in [7, 11) is 0. The van der Waals surface area contributed by atoms with Gasteiger partial charge in [-0.25, -0.2) is 20.2 Å². The number of halogens is 1. The first-order chi connectivity index (χ1) is 8.58. The van der Waals surface area contributed by atoms with E-state index in [-0.39, 0.29) is 11.4 Å². The van der Waals surface area contributed by atoms with Crippen molar-refractivity contribution in [3.8, 4) is 12.1 Å². The van der Waals surface area contributed by atoms with Gasteiger partial charge in [-0.15, -0.1) is 0 Å². The van der Waals surface area contributed by atoms with Crippen LogP contribution in [0.2, 0.25) is 0 Å². The number of benzene rings is 1. The predicted octanol–water partition coefficient (Wildman–Crippen LogP) is 1.86. The van der Waals surface area contributed by atoms with Crippen molar-refractivity contribution in [2.24, 2.45) is 0 Å². The Morgan fingerprint density at radius 1 is 1.11 bits per heavy atom. The summed E-state index contributed by atoms with van der Waals surface area (Å²) in [6, 6.07) is 6.85. The molecule has 0 amide bonds. The Labute approximate surface area is 112 Å². The van der Waals surface area contributed by atoms with E-state index < -0.39 is 0 Å². The van der Waals surface area contributed by atoms with Crippen molar-refractivity contribution in [3.05, 3.63) is 55.4 Å². The van der Waals surface area contributed by atoms with Crippen LogP contribution in [0.25, 0.3) is 21.1 Å². The minimum absolute atomic E-state index is 0.0129. The molecule has 1 aromatic carbocycles. The molecular weight excluding hydrogens is 292 g/mol. The highest BCUT2D eigenvalue weighted by molar-refractivity contribution is 9.10. The van der Waals surface area contributed by atoms with Gasteiger partial charge in [-0.2, -0.15) is 0 Å².